The second kappa shape index (κ2) is 11.3. The Hall–Kier alpha value is -0.530. The van der Waals surface area contributed by atoms with Crippen molar-refractivity contribution in [1.29, 1.82) is 0 Å². The molecule has 0 amide bonds. The van der Waals surface area contributed by atoms with Crippen molar-refractivity contribution in [2.75, 3.05) is 0 Å². The Bertz CT molecular complexity index is 95.1. The van der Waals surface area contributed by atoms with Gasteiger partial charge < -0.3 is 5.11 Å². The number of rotatable bonds is 3. The summed E-state index contributed by atoms with van der Waals surface area (Å²) in [5, 5.41) is 7.96. The van der Waals surface area contributed by atoms with Crippen LogP contribution in [-0.4, -0.2) is 11.1 Å². The van der Waals surface area contributed by atoms with E-state index in [9.17, 15) is 4.79 Å². The summed E-state index contributed by atoms with van der Waals surface area (Å²) in [6, 6.07) is 0. The lowest BCUT2D eigenvalue weighted by Crippen LogP contribution is -1.90. The van der Waals surface area contributed by atoms with Crippen molar-refractivity contribution in [3.8, 4) is 0 Å². The minimum absolute atomic E-state index is 0.128. The second-order valence-corrected chi connectivity index (χ2v) is 1.85. The quantitative estimate of drug-likeness (QED) is 0.671. The van der Waals surface area contributed by atoms with E-state index in [1.165, 1.54) is 0 Å². The first-order chi connectivity index (χ1) is 5.68. The molecule has 0 unspecified atom stereocenters. The molecule has 0 aromatic rings. The standard InChI is InChI=1S/C4H8O2.C4H10/c1-2-3-4(5)6;1-3-4-2/h2-3H2,1H3,(H,5,6);3-4H2,1-2H3/i2*1T. The van der Waals surface area contributed by atoms with Gasteiger partial charge in [0.2, 0.25) is 0 Å². The smallest absolute Gasteiger partial charge is 0.303 e. The van der Waals surface area contributed by atoms with Crippen LogP contribution in [0.5, 0.6) is 0 Å². The van der Waals surface area contributed by atoms with Gasteiger partial charge in [-0.1, -0.05) is 33.6 Å². The van der Waals surface area contributed by atoms with Crippen molar-refractivity contribution in [3.63, 3.8) is 0 Å². The lowest BCUT2D eigenvalue weighted by Gasteiger charge is -1.79. The molecule has 0 aliphatic rings. The molecule has 10 heavy (non-hydrogen) atoms. The summed E-state index contributed by atoms with van der Waals surface area (Å²) in [4.78, 5) is 9.67. The molecule has 0 radical (unpaired) electrons. The molecule has 0 fully saturated rings. The zero-order valence-corrected chi connectivity index (χ0v) is 6.60. The molecule has 0 spiro atoms. The molecule has 0 aromatic carbocycles. The van der Waals surface area contributed by atoms with Crippen LogP contribution in [0.1, 0.15) is 49.1 Å². The van der Waals surface area contributed by atoms with Crippen LogP contribution >= 0.6 is 0 Å². The van der Waals surface area contributed by atoms with E-state index < -0.39 is 5.97 Å². The van der Waals surface area contributed by atoms with Gasteiger partial charge in [0.05, 0.1) is 0 Å². The van der Waals surface area contributed by atoms with E-state index in [4.69, 9.17) is 7.85 Å². The summed E-state index contributed by atoms with van der Waals surface area (Å²) in [6.45, 7) is 2.90. The van der Waals surface area contributed by atoms with Gasteiger partial charge in [0.1, 0.15) is 0 Å². The third-order valence-corrected chi connectivity index (χ3v) is 0.744. The van der Waals surface area contributed by atoms with Crippen molar-refractivity contribution < 1.29 is 12.6 Å². The molecule has 62 valence electrons. The van der Waals surface area contributed by atoms with Gasteiger partial charge in [0.25, 0.3) is 0 Å². The highest BCUT2D eigenvalue weighted by Crippen LogP contribution is 1.82. The molecule has 0 heterocycles. The molecular formula is C8H18O2. The largest absolute Gasteiger partial charge is 0.481 e. The summed E-state index contributed by atoms with van der Waals surface area (Å²) >= 11 is 0. The molecule has 2 heteroatoms. The Morgan fingerprint density at radius 2 is 2.00 bits per heavy atom. The van der Waals surface area contributed by atoms with E-state index in [1.54, 1.807) is 0 Å². The molecule has 0 saturated carbocycles. The second-order valence-electron chi connectivity index (χ2n) is 1.85. The molecule has 0 atom stereocenters. The van der Waals surface area contributed by atoms with Gasteiger partial charge in [-0.05, 0) is 6.42 Å². The number of aliphatic carboxylic acids is 1. The molecule has 1 N–H and O–H groups in total. The van der Waals surface area contributed by atoms with E-state index >= 15 is 0 Å². The molecular weight excluding hydrogens is 128 g/mol. The zero-order valence-electron chi connectivity index (χ0n) is 8.60. The summed E-state index contributed by atoms with van der Waals surface area (Å²) in [5.74, 6) is -0.813. The number of unbranched alkanes of at least 4 members (excludes halogenated alkanes) is 1. The van der Waals surface area contributed by atoms with Crippen LogP contribution < -0.4 is 0 Å². The van der Waals surface area contributed by atoms with Gasteiger partial charge in [-0.15, -0.1) is 0 Å². The van der Waals surface area contributed by atoms with Crippen molar-refractivity contribution in [1.82, 2.24) is 0 Å². The maximum Gasteiger partial charge on any atom is 0.303 e. The first-order valence-electron chi connectivity index (χ1n) is 4.90. The van der Waals surface area contributed by atoms with Gasteiger partial charge in [-0.2, -0.15) is 0 Å². The topological polar surface area (TPSA) is 37.3 Å². The summed E-state index contributed by atoms with van der Waals surface area (Å²) in [6.07, 6.45) is 2.81. The van der Waals surface area contributed by atoms with E-state index in [0.29, 0.717) is 13.3 Å². The van der Waals surface area contributed by atoms with Crippen LogP contribution in [0, 0.1) is 0 Å². The average Bonchev–Trinajstić information content (AvgIpc) is 2.03. The molecule has 0 aliphatic carbocycles. The highest BCUT2D eigenvalue weighted by molar-refractivity contribution is 5.66. The number of carboxylic acids is 1. The van der Waals surface area contributed by atoms with Crippen LogP contribution in [-0.2, 0) is 4.79 Å². The van der Waals surface area contributed by atoms with E-state index in [0.717, 1.165) is 12.8 Å². The maximum absolute atomic E-state index is 9.67. The number of hydrogen-bond acceptors (Lipinski definition) is 1. The number of carboxylic acid groups (broad SMARTS) is 1. The first-order valence-corrected chi connectivity index (χ1v) is 3.49. The normalized spacial score (nSPS) is 10.5. The first kappa shape index (κ1) is 7.58. The SMILES string of the molecule is [3H]CCCC.[3H]CCCC(=O)O. The van der Waals surface area contributed by atoms with Gasteiger partial charge in [-0.3, -0.25) is 4.79 Å². The molecule has 0 rings (SSSR count). The molecule has 2 nitrogen and oxygen atoms in total. The van der Waals surface area contributed by atoms with Gasteiger partial charge in [0.15, 0.2) is 0 Å². The Labute approximate surface area is 66.1 Å². The third-order valence-electron chi connectivity index (χ3n) is 0.744. The summed E-state index contributed by atoms with van der Waals surface area (Å²) in [7, 11) is 0. The average molecular weight is 150 g/mol. The fourth-order valence-electron chi connectivity index (χ4n) is 0.151. The minimum atomic E-state index is -0.813. The predicted molar refractivity (Wildman–Crippen MR) is 43.1 cm³/mol. The van der Waals surface area contributed by atoms with Crippen LogP contribution in [0.25, 0.3) is 0 Å². The number of carbonyl (C=O) groups is 1. The van der Waals surface area contributed by atoms with Crippen molar-refractivity contribution >= 4 is 5.97 Å². The van der Waals surface area contributed by atoms with E-state index in [1.807, 2.05) is 0 Å². The Balaban J connectivity index is 0. The Morgan fingerprint density at radius 3 is 2.10 bits per heavy atom. The Kier molecular flexibility index (Phi) is 8.55. The van der Waals surface area contributed by atoms with Crippen molar-refractivity contribution in [3.05, 3.63) is 0 Å². The van der Waals surface area contributed by atoms with E-state index in [-0.39, 0.29) is 13.3 Å². The molecule has 0 saturated heterocycles. The predicted octanol–water partition coefficient (Wildman–Crippen LogP) is 2.68. The zero-order chi connectivity index (χ0) is 9.82. The fraction of sp³-hybridized carbons (Fsp3) is 0.875. The fourth-order valence-corrected chi connectivity index (χ4v) is 0.151. The lowest BCUT2D eigenvalue weighted by molar-refractivity contribution is -0.137. The van der Waals surface area contributed by atoms with Gasteiger partial charge in [0, 0.05) is 9.16 Å². The summed E-state index contributed by atoms with van der Waals surface area (Å²) in [5.41, 5.74) is 0. The highest BCUT2D eigenvalue weighted by atomic mass is 16.4. The molecule has 0 aromatic heterocycles. The van der Waals surface area contributed by atoms with Crippen molar-refractivity contribution in [2.24, 2.45) is 0 Å². The maximum atomic E-state index is 9.67. The van der Waals surface area contributed by atoms with E-state index in [2.05, 4.69) is 6.92 Å². The third kappa shape index (κ3) is 26.0. The highest BCUT2D eigenvalue weighted by Gasteiger charge is 1.87. The van der Waals surface area contributed by atoms with Crippen LogP contribution in [0.15, 0.2) is 0 Å². The molecule has 0 aliphatic heterocycles. The van der Waals surface area contributed by atoms with Gasteiger partial charge >= 0.3 is 5.97 Å². The minimum Gasteiger partial charge on any atom is -0.481 e. The van der Waals surface area contributed by atoms with Gasteiger partial charge in [-0.25, -0.2) is 0 Å². The Morgan fingerprint density at radius 1 is 1.40 bits per heavy atom. The van der Waals surface area contributed by atoms with Crippen molar-refractivity contribution in [2.45, 2.75) is 46.4 Å². The van der Waals surface area contributed by atoms with Crippen LogP contribution in [0.3, 0.4) is 0 Å². The van der Waals surface area contributed by atoms with Crippen LogP contribution in [0.4, 0.5) is 0 Å². The van der Waals surface area contributed by atoms with Crippen LogP contribution in [0.2, 0.25) is 0 Å². The molecule has 0 bridgehead atoms. The number of hydrogen-bond donors (Lipinski definition) is 1. The summed E-state index contributed by atoms with van der Waals surface area (Å²) < 4.78 is 13.1. The lowest BCUT2D eigenvalue weighted by atomic mass is 10.4. The monoisotopic (exact) mass is 150 g/mol.